The maximum Gasteiger partial charge on any atom is 0.194 e. The average Bonchev–Trinajstić information content (AvgIpc) is 2.92. The van der Waals surface area contributed by atoms with Crippen molar-refractivity contribution in [3.63, 3.8) is 0 Å². The van der Waals surface area contributed by atoms with Gasteiger partial charge in [0.1, 0.15) is 0 Å². The van der Waals surface area contributed by atoms with E-state index in [0.717, 1.165) is 20.8 Å². The van der Waals surface area contributed by atoms with E-state index in [4.69, 9.17) is 11.6 Å². The number of rotatable bonds is 3. The Labute approximate surface area is 134 Å². The van der Waals surface area contributed by atoms with E-state index >= 15 is 0 Å². The van der Waals surface area contributed by atoms with Gasteiger partial charge in [0.25, 0.3) is 0 Å². The molecule has 2 heterocycles. The molecule has 0 bridgehead atoms. The summed E-state index contributed by atoms with van der Waals surface area (Å²) in [5.74, 6) is 0. The molecule has 0 aliphatic carbocycles. The van der Waals surface area contributed by atoms with Crippen molar-refractivity contribution in [2.75, 3.05) is 5.32 Å². The van der Waals surface area contributed by atoms with Gasteiger partial charge in [-0.05, 0) is 41.9 Å². The second kappa shape index (κ2) is 5.39. The van der Waals surface area contributed by atoms with Crippen LogP contribution in [0.2, 0.25) is 5.02 Å². The third-order valence-electron chi connectivity index (χ3n) is 3.23. The van der Waals surface area contributed by atoms with Crippen LogP contribution in [0.25, 0.3) is 4.96 Å². The van der Waals surface area contributed by atoms with Crippen LogP contribution in [-0.4, -0.2) is 9.38 Å². The van der Waals surface area contributed by atoms with Crippen LogP contribution in [0.1, 0.15) is 17.1 Å². The molecule has 0 saturated heterocycles. The molecule has 0 unspecified atom stereocenters. The van der Waals surface area contributed by atoms with Crippen LogP contribution < -0.4 is 5.32 Å². The van der Waals surface area contributed by atoms with E-state index in [1.54, 1.807) is 11.3 Å². The Hall–Kier alpha value is -1.04. The molecule has 20 heavy (non-hydrogen) atoms. The van der Waals surface area contributed by atoms with Gasteiger partial charge in [0.05, 0.1) is 33.1 Å². The van der Waals surface area contributed by atoms with Crippen molar-refractivity contribution in [3.05, 3.63) is 50.2 Å². The van der Waals surface area contributed by atoms with E-state index in [1.165, 1.54) is 11.4 Å². The zero-order valence-corrected chi connectivity index (χ0v) is 14.2. The van der Waals surface area contributed by atoms with E-state index in [1.807, 2.05) is 25.1 Å². The van der Waals surface area contributed by atoms with E-state index in [0.29, 0.717) is 11.6 Å². The number of aryl methyl sites for hydroxylation is 2. The molecule has 0 aliphatic rings. The minimum atomic E-state index is 0.705. The highest BCUT2D eigenvalue weighted by molar-refractivity contribution is 9.10. The number of nitrogens with one attached hydrogen (secondary N) is 1. The fourth-order valence-electron chi connectivity index (χ4n) is 2.19. The molecule has 0 saturated carbocycles. The van der Waals surface area contributed by atoms with Gasteiger partial charge in [0.2, 0.25) is 0 Å². The molecule has 2 aromatic heterocycles. The quantitative estimate of drug-likeness (QED) is 0.700. The standard InChI is InChI=1S/C14H13BrClN3S/c1-8-7-20-14-18-9(2)12(19(8)14)6-17-11-5-3-4-10(16)13(11)15/h3-5,7,17H,6H2,1-2H3. The van der Waals surface area contributed by atoms with Gasteiger partial charge in [-0.2, -0.15) is 0 Å². The summed E-state index contributed by atoms with van der Waals surface area (Å²) in [6.45, 7) is 4.86. The van der Waals surface area contributed by atoms with E-state index in [2.05, 4.69) is 42.9 Å². The van der Waals surface area contributed by atoms with Crippen LogP contribution in [0.4, 0.5) is 5.69 Å². The van der Waals surface area contributed by atoms with Gasteiger partial charge in [-0.3, -0.25) is 4.40 Å². The highest BCUT2D eigenvalue weighted by atomic mass is 79.9. The Morgan fingerprint density at radius 3 is 3.00 bits per heavy atom. The smallest absolute Gasteiger partial charge is 0.194 e. The largest absolute Gasteiger partial charge is 0.378 e. The fourth-order valence-corrected chi connectivity index (χ4v) is 3.70. The van der Waals surface area contributed by atoms with E-state index < -0.39 is 0 Å². The maximum atomic E-state index is 6.11. The summed E-state index contributed by atoms with van der Waals surface area (Å²) in [6.07, 6.45) is 0. The average molecular weight is 371 g/mol. The molecule has 0 fully saturated rings. The molecule has 6 heteroatoms. The lowest BCUT2D eigenvalue weighted by Crippen LogP contribution is -2.05. The second-order valence-corrected chi connectivity index (χ2v) is 6.63. The lowest BCUT2D eigenvalue weighted by atomic mass is 10.3. The Morgan fingerprint density at radius 1 is 1.40 bits per heavy atom. The van der Waals surface area contributed by atoms with Gasteiger partial charge in [0, 0.05) is 11.1 Å². The lowest BCUT2D eigenvalue weighted by molar-refractivity contribution is 0.965. The Bertz CT molecular complexity index is 778. The Balaban J connectivity index is 1.92. The van der Waals surface area contributed by atoms with Crippen molar-refractivity contribution >= 4 is 49.5 Å². The van der Waals surface area contributed by atoms with Crippen LogP contribution >= 0.6 is 38.9 Å². The monoisotopic (exact) mass is 369 g/mol. The van der Waals surface area contributed by atoms with Gasteiger partial charge in [-0.25, -0.2) is 4.98 Å². The predicted octanol–water partition coefficient (Wildman–Crippen LogP) is 5.04. The number of benzene rings is 1. The lowest BCUT2D eigenvalue weighted by Gasteiger charge is -2.10. The number of fused-ring (bicyclic) bond motifs is 1. The summed E-state index contributed by atoms with van der Waals surface area (Å²) < 4.78 is 3.09. The van der Waals surface area contributed by atoms with Crippen LogP contribution in [0.15, 0.2) is 28.1 Å². The topological polar surface area (TPSA) is 29.3 Å². The van der Waals surface area contributed by atoms with Crippen molar-refractivity contribution in [1.29, 1.82) is 0 Å². The Morgan fingerprint density at radius 2 is 2.20 bits per heavy atom. The number of imidazole rings is 1. The minimum Gasteiger partial charge on any atom is -0.378 e. The highest BCUT2D eigenvalue weighted by Crippen LogP contribution is 2.30. The first-order valence-corrected chi connectivity index (χ1v) is 8.23. The second-order valence-electron chi connectivity index (χ2n) is 4.59. The third kappa shape index (κ3) is 2.34. The number of halogens is 2. The molecular weight excluding hydrogens is 358 g/mol. The number of hydrogen-bond acceptors (Lipinski definition) is 3. The molecule has 104 valence electrons. The minimum absolute atomic E-state index is 0.705. The summed E-state index contributed by atoms with van der Waals surface area (Å²) in [6, 6.07) is 5.80. The molecule has 1 aromatic carbocycles. The normalized spacial score (nSPS) is 11.2. The molecule has 3 aromatic rings. The summed E-state index contributed by atoms with van der Waals surface area (Å²) in [5.41, 5.74) is 4.45. The van der Waals surface area contributed by atoms with Crippen LogP contribution in [-0.2, 0) is 6.54 Å². The van der Waals surface area contributed by atoms with Crippen LogP contribution in [0.3, 0.4) is 0 Å². The van der Waals surface area contributed by atoms with Gasteiger partial charge < -0.3 is 5.32 Å². The van der Waals surface area contributed by atoms with Crippen LogP contribution in [0, 0.1) is 13.8 Å². The van der Waals surface area contributed by atoms with Crippen LogP contribution in [0.5, 0.6) is 0 Å². The number of hydrogen-bond donors (Lipinski definition) is 1. The molecular formula is C14H13BrClN3S. The summed E-state index contributed by atoms with van der Waals surface area (Å²) in [4.78, 5) is 5.63. The van der Waals surface area contributed by atoms with Crippen molar-refractivity contribution in [2.45, 2.75) is 20.4 Å². The number of thiazole rings is 1. The number of anilines is 1. The maximum absolute atomic E-state index is 6.11. The number of aromatic nitrogens is 2. The molecule has 3 nitrogen and oxygen atoms in total. The third-order valence-corrected chi connectivity index (χ3v) is 5.57. The van der Waals surface area contributed by atoms with Crippen molar-refractivity contribution < 1.29 is 0 Å². The molecule has 0 radical (unpaired) electrons. The fraction of sp³-hybridized carbons (Fsp3) is 0.214. The SMILES string of the molecule is Cc1nc2scc(C)n2c1CNc1cccc(Cl)c1Br. The van der Waals surface area contributed by atoms with Gasteiger partial charge in [0.15, 0.2) is 4.96 Å². The molecule has 3 rings (SSSR count). The summed E-state index contributed by atoms with van der Waals surface area (Å²) in [5, 5.41) is 6.25. The van der Waals surface area contributed by atoms with Crippen molar-refractivity contribution in [1.82, 2.24) is 9.38 Å². The molecule has 0 aliphatic heterocycles. The van der Waals surface area contributed by atoms with Gasteiger partial charge in [-0.15, -0.1) is 11.3 Å². The zero-order valence-electron chi connectivity index (χ0n) is 11.1. The summed E-state index contributed by atoms with van der Waals surface area (Å²) >= 11 is 11.3. The van der Waals surface area contributed by atoms with E-state index in [-0.39, 0.29) is 0 Å². The first kappa shape index (κ1) is 13.9. The summed E-state index contributed by atoms with van der Waals surface area (Å²) in [7, 11) is 0. The first-order chi connectivity index (χ1) is 9.58. The van der Waals surface area contributed by atoms with E-state index in [9.17, 15) is 0 Å². The van der Waals surface area contributed by atoms with Gasteiger partial charge in [-0.1, -0.05) is 17.7 Å². The van der Waals surface area contributed by atoms with Crippen molar-refractivity contribution in [3.8, 4) is 0 Å². The molecule has 0 spiro atoms. The highest BCUT2D eigenvalue weighted by Gasteiger charge is 2.12. The zero-order chi connectivity index (χ0) is 14.3. The van der Waals surface area contributed by atoms with Crippen molar-refractivity contribution in [2.24, 2.45) is 0 Å². The molecule has 1 N–H and O–H groups in total. The molecule has 0 amide bonds. The molecule has 0 atom stereocenters. The first-order valence-electron chi connectivity index (χ1n) is 6.18. The number of nitrogens with zero attached hydrogens (tertiary/aromatic N) is 2. The Kier molecular flexibility index (Phi) is 3.75. The predicted molar refractivity (Wildman–Crippen MR) is 89.0 cm³/mol. The van der Waals surface area contributed by atoms with Gasteiger partial charge >= 0.3 is 0 Å².